The number of rotatable bonds is 4. The van der Waals surface area contributed by atoms with E-state index >= 15 is 0 Å². The summed E-state index contributed by atoms with van der Waals surface area (Å²) in [6.07, 6.45) is 4.33. The van der Waals surface area contributed by atoms with Crippen molar-refractivity contribution >= 4 is 23.4 Å². The maximum atomic E-state index is 12.4. The average molecular weight is 314 g/mol. The molecule has 1 aromatic rings. The molecule has 1 aliphatic heterocycles. The number of para-hydroxylation sites is 1. The van der Waals surface area contributed by atoms with Crippen LogP contribution in [0.25, 0.3) is 0 Å². The Morgan fingerprint density at radius 2 is 1.74 bits per heavy atom. The molecule has 0 bridgehead atoms. The van der Waals surface area contributed by atoms with E-state index in [4.69, 9.17) is 0 Å². The Morgan fingerprint density at radius 3 is 2.35 bits per heavy atom. The number of fused-ring (bicyclic) bond motifs is 1. The van der Waals surface area contributed by atoms with Crippen LogP contribution >= 0.6 is 0 Å². The fourth-order valence-electron chi connectivity index (χ4n) is 3.67. The Kier molecular flexibility index (Phi) is 4.46. The molecule has 5 nitrogen and oxygen atoms in total. The van der Waals surface area contributed by atoms with Gasteiger partial charge >= 0.3 is 0 Å². The topological polar surface area (TPSA) is 66.5 Å². The molecule has 0 spiro atoms. The van der Waals surface area contributed by atoms with Gasteiger partial charge in [-0.05, 0) is 30.9 Å². The molecule has 5 heteroatoms. The number of carbonyl (C=O) groups excluding carboxylic acids is 3. The third-order valence-electron chi connectivity index (χ3n) is 4.91. The molecule has 2 atom stereocenters. The van der Waals surface area contributed by atoms with Crippen LogP contribution in [0, 0.1) is 11.8 Å². The zero-order valence-corrected chi connectivity index (χ0v) is 13.4. The summed E-state index contributed by atoms with van der Waals surface area (Å²) < 4.78 is 0. The molecule has 1 heterocycles. The first-order valence-electron chi connectivity index (χ1n) is 8.34. The van der Waals surface area contributed by atoms with Crippen molar-refractivity contribution in [1.82, 2.24) is 4.90 Å². The number of imide groups is 1. The van der Waals surface area contributed by atoms with Gasteiger partial charge in [-0.15, -0.1) is 0 Å². The number of carbonyl (C=O) groups is 3. The van der Waals surface area contributed by atoms with E-state index in [2.05, 4.69) is 5.32 Å². The first-order valence-corrected chi connectivity index (χ1v) is 8.34. The standard InChI is InChI=1S/C18H22N2O3/c1-2-12-7-3-6-10-15(12)19-16(21)11-20-17(22)13-8-4-5-9-14(13)18(20)23/h3,6-7,10,13-14H,2,4-5,8-9,11H2,1H3,(H,19,21)/t13-,14-/m1/s1. The van der Waals surface area contributed by atoms with Gasteiger partial charge in [0.1, 0.15) is 6.54 Å². The molecule has 0 radical (unpaired) electrons. The fraction of sp³-hybridized carbons (Fsp3) is 0.500. The van der Waals surface area contributed by atoms with Gasteiger partial charge in [-0.1, -0.05) is 38.0 Å². The van der Waals surface area contributed by atoms with Crippen LogP contribution in [0.15, 0.2) is 24.3 Å². The molecule has 3 rings (SSSR count). The fourth-order valence-corrected chi connectivity index (χ4v) is 3.67. The highest BCUT2D eigenvalue weighted by atomic mass is 16.2. The van der Waals surface area contributed by atoms with Crippen LogP contribution < -0.4 is 5.32 Å². The largest absolute Gasteiger partial charge is 0.324 e. The van der Waals surface area contributed by atoms with Crippen LogP contribution in [0.3, 0.4) is 0 Å². The predicted octanol–water partition coefficient (Wildman–Crippen LogP) is 2.36. The highest BCUT2D eigenvalue weighted by molar-refractivity contribution is 6.08. The number of likely N-dealkylation sites (tertiary alicyclic amines) is 1. The number of nitrogens with zero attached hydrogens (tertiary/aromatic N) is 1. The first-order chi connectivity index (χ1) is 11.1. The number of aryl methyl sites for hydroxylation is 1. The smallest absolute Gasteiger partial charge is 0.244 e. The summed E-state index contributed by atoms with van der Waals surface area (Å²) in [5, 5.41) is 2.83. The Morgan fingerprint density at radius 1 is 1.13 bits per heavy atom. The van der Waals surface area contributed by atoms with Crippen LogP contribution in [0.5, 0.6) is 0 Å². The van der Waals surface area contributed by atoms with Crippen molar-refractivity contribution < 1.29 is 14.4 Å². The SMILES string of the molecule is CCc1ccccc1NC(=O)CN1C(=O)[C@@H]2CCCC[C@H]2C1=O. The number of nitrogens with one attached hydrogen (secondary N) is 1. The van der Waals surface area contributed by atoms with Gasteiger partial charge in [0.05, 0.1) is 11.8 Å². The third-order valence-corrected chi connectivity index (χ3v) is 4.91. The van der Waals surface area contributed by atoms with E-state index in [9.17, 15) is 14.4 Å². The first kappa shape index (κ1) is 15.7. The Labute approximate surface area is 136 Å². The summed E-state index contributed by atoms with van der Waals surface area (Å²) in [6.45, 7) is 1.84. The van der Waals surface area contributed by atoms with Crippen molar-refractivity contribution in [2.24, 2.45) is 11.8 Å². The van der Waals surface area contributed by atoms with E-state index in [1.54, 1.807) is 0 Å². The third kappa shape index (κ3) is 3.00. The summed E-state index contributed by atoms with van der Waals surface area (Å²) in [7, 11) is 0. The van der Waals surface area contributed by atoms with Gasteiger partial charge in [0.2, 0.25) is 17.7 Å². The van der Waals surface area contributed by atoms with Crippen molar-refractivity contribution in [1.29, 1.82) is 0 Å². The quantitative estimate of drug-likeness (QED) is 0.868. The number of benzene rings is 1. The maximum absolute atomic E-state index is 12.4. The number of hydrogen-bond acceptors (Lipinski definition) is 3. The Bertz CT molecular complexity index is 617. The number of hydrogen-bond donors (Lipinski definition) is 1. The lowest BCUT2D eigenvalue weighted by Crippen LogP contribution is -2.38. The molecule has 2 fully saturated rings. The second-order valence-corrected chi connectivity index (χ2v) is 6.32. The van der Waals surface area contributed by atoms with Crippen LogP contribution in [0.1, 0.15) is 38.2 Å². The monoisotopic (exact) mass is 314 g/mol. The molecular weight excluding hydrogens is 292 g/mol. The van der Waals surface area contributed by atoms with E-state index in [1.807, 2.05) is 31.2 Å². The molecule has 122 valence electrons. The number of amides is 3. The van der Waals surface area contributed by atoms with E-state index in [0.29, 0.717) is 0 Å². The van der Waals surface area contributed by atoms with Crippen molar-refractivity contribution in [2.75, 3.05) is 11.9 Å². The normalized spacial score (nSPS) is 23.8. The van der Waals surface area contributed by atoms with Gasteiger partial charge in [0.15, 0.2) is 0 Å². The molecule has 2 aliphatic rings. The molecule has 23 heavy (non-hydrogen) atoms. The molecule has 0 aromatic heterocycles. The predicted molar refractivity (Wildman–Crippen MR) is 86.6 cm³/mol. The molecule has 3 amide bonds. The second-order valence-electron chi connectivity index (χ2n) is 6.32. The van der Waals surface area contributed by atoms with Crippen LogP contribution in [0.4, 0.5) is 5.69 Å². The molecule has 1 saturated carbocycles. The highest BCUT2D eigenvalue weighted by Crippen LogP contribution is 2.37. The van der Waals surface area contributed by atoms with E-state index in [-0.39, 0.29) is 36.1 Å². The molecule has 1 saturated heterocycles. The van der Waals surface area contributed by atoms with Gasteiger partial charge < -0.3 is 5.32 Å². The minimum Gasteiger partial charge on any atom is -0.324 e. The van der Waals surface area contributed by atoms with Crippen LogP contribution in [-0.2, 0) is 20.8 Å². The van der Waals surface area contributed by atoms with Crippen molar-refractivity contribution in [2.45, 2.75) is 39.0 Å². The maximum Gasteiger partial charge on any atom is 0.244 e. The Hall–Kier alpha value is -2.17. The van der Waals surface area contributed by atoms with Crippen molar-refractivity contribution in [3.05, 3.63) is 29.8 Å². The minimum absolute atomic E-state index is 0.168. The Balaban J connectivity index is 1.68. The zero-order chi connectivity index (χ0) is 16.4. The van der Waals surface area contributed by atoms with Gasteiger partial charge in [-0.2, -0.15) is 0 Å². The van der Waals surface area contributed by atoms with E-state index < -0.39 is 0 Å². The lowest BCUT2D eigenvalue weighted by molar-refractivity contribution is -0.142. The zero-order valence-electron chi connectivity index (χ0n) is 13.4. The minimum atomic E-state index is -0.314. The molecule has 1 N–H and O–H groups in total. The molecule has 0 unspecified atom stereocenters. The lowest BCUT2D eigenvalue weighted by Gasteiger charge is -2.19. The second kappa shape index (κ2) is 6.52. The molecular formula is C18H22N2O3. The van der Waals surface area contributed by atoms with Gasteiger partial charge in [0, 0.05) is 5.69 Å². The summed E-state index contributed by atoms with van der Waals surface area (Å²) in [4.78, 5) is 38.2. The van der Waals surface area contributed by atoms with E-state index in [1.165, 1.54) is 0 Å². The molecule has 1 aliphatic carbocycles. The number of anilines is 1. The van der Waals surface area contributed by atoms with Crippen molar-refractivity contribution in [3.63, 3.8) is 0 Å². The van der Waals surface area contributed by atoms with Gasteiger partial charge in [-0.3, -0.25) is 19.3 Å². The average Bonchev–Trinajstić information content (AvgIpc) is 2.81. The van der Waals surface area contributed by atoms with Crippen LogP contribution in [-0.4, -0.2) is 29.2 Å². The molecule has 1 aromatic carbocycles. The van der Waals surface area contributed by atoms with Crippen molar-refractivity contribution in [3.8, 4) is 0 Å². The van der Waals surface area contributed by atoms with Gasteiger partial charge in [0.25, 0.3) is 0 Å². The van der Waals surface area contributed by atoms with Crippen LogP contribution in [0.2, 0.25) is 0 Å². The summed E-state index contributed by atoms with van der Waals surface area (Å²) in [5.74, 6) is -1.05. The summed E-state index contributed by atoms with van der Waals surface area (Å²) >= 11 is 0. The van der Waals surface area contributed by atoms with Gasteiger partial charge in [-0.25, -0.2) is 0 Å². The summed E-state index contributed by atoms with van der Waals surface area (Å²) in [6, 6.07) is 7.57. The lowest BCUT2D eigenvalue weighted by atomic mass is 9.81. The van der Waals surface area contributed by atoms with E-state index in [0.717, 1.165) is 48.3 Å². The summed E-state index contributed by atoms with van der Waals surface area (Å²) in [5.41, 5.74) is 1.78. The highest BCUT2D eigenvalue weighted by Gasteiger charge is 2.48.